The first kappa shape index (κ1) is 18.3. The van der Waals surface area contributed by atoms with Gasteiger partial charge in [0.1, 0.15) is 0 Å². The Bertz CT molecular complexity index is 235. The second-order valence-electron chi connectivity index (χ2n) is 3.46. The first-order chi connectivity index (χ1) is 8.37. The molecule has 19 heavy (non-hydrogen) atoms. The summed E-state index contributed by atoms with van der Waals surface area (Å²) in [6.07, 6.45) is -25.4. The summed E-state index contributed by atoms with van der Waals surface area (Å²) in [6, 6.07) is 0. The number of ether oxygens (including phenoxy) is 1. The van der Waals surface area contributed by atoms with Crippen molar-refractivity contribution in [1.82, 2.24) is 0 Å². The van der Waals surface area contributed by atoms with E-state index in [1.54, 1.807) is 0 Å². The fraction of sp³-hybridized carbons (Fsp3) is 1.00. The molecular weight excluding hydrogens is 302 g/mol. The van der Waals surface area contributed by atoms with Crippen molar-refractivity contribution in [1.29, 1.82) is 0 Å². The molecule has 0 rings (SSSR count). The Balaban J connectivity index is 4.11. The summed E-state index contributed by atoms with van der Waals surface area (Å²) in [5.74, 6) is 0. The van der Waals surface area contributed by atoms with Crippen molar-refractivity contribution in [2.24, 2.45) is 0 Å². The molecule has 0 N–H and O–H groups in total. The minimum atomic E-state index is -5.52. The molecule has 4 unspecified atom stereocenters. The van der Waals surface area contributed by atoms with Crippen molar-refractivity contribution in [2.75, 3.05) is 13.2 Å². The van der Waals surface area contributed by atoms with E-state index in [1.165, 1.54) is 0 Å². The predicted octanol–water partition coefficient (Wildman–Crippen LogP) is 3.48. The standard InChI is InChI=1S/C8H8F10O/c9-3(5(11)7(13,14)15)1-19-2-4(10)6(12)8(16,17)18/h3-6H,1-2H2. The van der Waals surface area contributed by atoms with Crippen LogP contribution in [0, 0.1) is 0 Å². The third-order valence-electron chi connectivity index (χ3n) is 1.81. The summed E-state index contributed by atoms with van der Waals surface area (Å²) in [5.41, 5.74) is 0. The minimum absolute atomic E-state index is 1.65. The van der Waals surface area contributed by atoms with E-state index in [0.717, 1.165) is 0 Å². The zero-order valence-corrected chi connectivity index (χ0v) is 8.91. The van der Waals surface area contributed by atoms with Crippen molar-refractivity contribution in [3.63, 3.8) is 0 Å². The van der Waals surface area contributed by atoms with Crippen LogP contribution in [0.25, 0.3) is 0 Å². The van der Waals surface area contributed by atoms with E-state index < -0.39 is 50.3 Å². The molecule has 0 amide bonds. The molecule has 0 saturated carbocycles. The smallest absolute Gasteiger partial charge is 0.375 e. The van der Waals surface area contributed by atoms with Crippen molar-refractivity contribution < 1.29 is 48.6 Å². The molecule has 0 radical (unpaired) electrons. The molecule has 11 heteroatoms. The number of halogens is 10. The lowest BCUT2D eigenvalue weighted by molar-refractivity contribution is -0.208. The third kappa shape index (κ3) is 6.30. The molecule has 0 aromatic carbocycles. The Kier molecular flexibility index (Phi) is 6.36. The van der Waals surface area contributed by atoms with E-state index in [2.05, 4.69) is 4.74 Å². The van der Waals surface area contributed by atoms with Gasteiger partial charge in [-0.2, -0.15) is 26.3 Å². The van der Waals surface area contributed by atoms with Crippen LogP contribution in [-0.2, 0) is 4.74 Å². The number of hydrogen-bond acceptors (Lipinski definition) is 1. The van der Waals surface area contributed by atoms with Crippen molar-refractivity contribution >= 4 is 0 Å². The number of rotatable bonds is 6. The van der Waals surface area contributed by atoms with Gasteiger partial charge in [-0.05, 0) is 0 Å². The lowest BCUT2D eigenvalue weighted by Gasteiger charge is -2.19. The lowest BCUT2D eigenvalue weighted by Crippen LogP contribution is -2.39. The molecule has 0 aliphatic rings. The van der Waals surface area contributed by atoms with Crippen molar-refractivity contribution in [2.45, 2.75) is 37.0 Å². The van der Waals surface area contributed by atoms with E-state index in [1.807, 2.05) is 0 Å². The first-order valence-corrected chi connectivity index (χ1v) is 4.64. The Morgan fingerprint density at radius 3 is 1.11 bits per heavy atom. The molecule has 0 heterocycles. The molecule has 0 aliphatic carbocycles. The molecule has 0 aromatic rings. The van der Waals surface area contributed by atoms with Gasteiger partial charge in [-0.3, -0.25) is 0 Å². The van der Waals surface area contributed by atoms with E-state index in [-0.39, 0.29) is 0 Å². The van der Waals surface area contributed by atoms with Gasteiger partial charge in [0.2, 0.25) is 12.3 Å². The number of alkyl halides is 10. The molecule has 4 atom stereocenters. The van der Waals surface area contributed by atoms with Crippen LogP contribution in [0.5, 0.6) is 0 Å². The first-order valence-electron chi connectivity index (χ1n) is 4.64. The van der Waals surface area contributed by atoms with E-state index in [9.17, 15) is 43.9 Å². The summed E-state index contributed by atoms with van der Waals surface area (Å²) in [5, 5.41) is 0. The summed E-state index contributed by atoms with van der Waals surface area (Å²) in [4.78, 5) is 0. The van der Waals surface area contributed by atoms with Crippen LogP contribution in [-0.4, -0.2) is 50.3 Å². The molecule has 1 nitrogen and oxygen atoms in total. The Labute approximate surface area is 100 Å². The van der Waals surface area contributed by atoms with Gasteiger partial charge in [-0.15, -0.1) is 0 Å². The van der Waals surface area contributed by atoms with Crippen LogP contribution in [0.1, 0.15) is 0 Å². The average Bonchev–Trinajstić information content (AvgIpc) is 2.23. The van der Waals surface area contributed by atoms with E-state index in [0.29, 0.717) is 0 Å². The van der Waals surface area contributed by atoms with Crippen LogP contribution < -0.4 is 0 Å². The van der Waals surface area contributed by atoms with Gasteiger partial charge in [0.25, 0.3) is 0 Å². The summed E-state index contributed by atoms with van der Waals surface area (Å²) in [6.45, 7) is -3.29. The normalized spacial score (nSPS) is 19.9. The maximum atomic E-state index is 12.5. The van der Waals surface area contributed by atoms with Gasteiger partial charge in [0.15, 0.2) is 12.3 Å². The highest BCUT2D eigenvalue weighted by Crippen LogP contribution is 2.28. The summed E-state index contributed by atoms with van der Waals surface area (Å²) >= 11 is 0. The topological polar surface area (TPSA) is 9.23 Å². The lowest BCUT2D eigenvalue weighted by atomic mass is 10.2. The molecule has 0 aliphatic heterocycles. The van der Waals surface area contributed by atoms with Crippen molar-refractivity contribution in [3.8, 4) is 0 Å². The van der Waals surface area contributed by atoms with Crippen LogP contribution in [0.4, 0.5) is 43.9 Å². The Hall–Kier alpha value is -0.740. The maximum absolute atomic E-state index is 12.5. The molecule has 0 spiro atoms. The number of hydrogen-bond donors (Lipinski definition) is 0. The summed E-state index contributed by atoms with van der Waals surface area (Å²) < 4.78 is 123. The zero-order valence-electron chi connectivity index (χ0n) is 8.91. The quantitative estimate of drug-likeness (QED) is 0.683. The highest BCUT2D eigenvalue weighted by atomic mass is 19.4. The zero-order chi connectivity index (χ0) is 15.4. The van der Waals surface area contributed by atoms with Crippen LogP contribution in [0.15, 0.2) is 0 Å². The van der Waals surface area contributed by atoms with Gasteiger partial charge >= 0.3 is 12.4 Å². The van der Waals surface area contributed by atoms with Crippen LogP contribution in [0.2, 0.25) is 0 Å². The van der Waals surface area contributed by atoms with Gasteiger partial charge in [-0.1, -0.05) is 0 Å². The third-order valence-corrected chi connectivity index (χ3v) is 1.81. The Morgan fingerprint density at radius 2 is 0.895 bits per heavy atom. The van der Waals surface area contributed by atoms with Gasteiger partial charge in [0, 0.05) is 0 Å². The molecule has 0 saturated heterocycles. The molecule has 0 aromatic heterocycles. The molecule has 0 fully saturated rings. The SMILES string of the molecule is FC(COCC(F)C(F)C(F)(F)F)C(F)C(F)(F)F. The maximum Gasteiger partial charge on any atom is 0.422 e. The van der Waals surface area contributed by atoms with Crippen LogP contribution >= 0.6 is 0 Å². The van der Waals surface area contributed by atoms with Gasteiger partial charge in [-0.25, -0.2) is 17.6 Å². The fourth-order valence-electron chi connectivity index (χ4n) is 0.872. The second kappa shape index (κ2) is 6.62. The van der Waals surface area contributed by atoms with Gasteiger partial charge < -0.3 is 4.74 Å². The van der Waals surface area contributed by atoms with Crippen LogP contribution in [0.3, 0.4) is 0 Å². The molecular formula is C8H8F10O. The average molecular weight is 310 g/mol. The van der Waals surface area contributed by atoms with Gasteiger partial charge in [0.05, 0.1) is 13.2 Å². The minimum Gasteiger partial charge on any atom is -0.375 e. The highest BCUT2D eigenvalue weighted by Gasteiger charge is 2.47. The summed E-state index contributed by atoms with van der Waals surface area (Å²) in [7, 11) is 0. The predicted molar refractivity (Wildman–Crippen MR) is 42.5 cm³/mol. The fourth-order valence-corrected chi connectivity index (χ4v) is 0.872. The van der Waals surface area contributed by atoms with Crippen molar-refractivity contribution in [3.05, 3.63) is 0 Å². The molecule has 0 bridgehead atoms. The Morgan fingerprint density at radius 1 is 0.632 bits per heavy atom. The largest absolute Gasteiger partial charge is 0.422 e. The molecule has 116 valence electrons. The van der Waals surface area contributed by atoms with E-state index >= 15 is 0 Å². The highest BCUT2D eigenvalue weighted by molar-refractivity contribution is 4.77. The van der Waals surface area contributed by atoms with E-state index in [4.69, 9.17) is 0 Å². The second-order valence-corrected chi connectivity index (χ2v) is 3.46. The monoisotopic (exact) mass is 310 g/mol.